The number of hydrogen-bond acceptors (Lipinski definition) is 3. The number of fused-ring (bicyclic) bond motifs is 1. The van der Waals surface area contributed by atoms with Crippen molar-refractivity contribution in [2.24, 2.45) is 0 Å². The zero-order valence-electron chi connectivity index (χ0n) is 38.2. The molecule has 6 heteroatoms. The Morgan fingerprint density at radius 3 is 1.11 bits per heavy atom. The van der Waals surface area contributed by atoms with E-state index in [-0.39, 0.29) is 22.6 Å². The lowest BCUT2D eigenvalue weighted by Crippen LogP contribution is -2.31. The van der Waals surface area contributed by atoms with Gasteiger partial charge in [0.05, 0.1) is 22.5 Å². The molecule has 0 aliphatic carbocycles. The minimum atomic E-state index is -0.0702. The SMILES string of the molecule is CCCCCCN1C(=O)C2=C(c3ccc(-c4ccc(N(c5ccc(C(C)(C)C)cc5)c5ccc(C(C)(C)C)cc5)cc4)cc3)N(CCCCCC)C(=O)C2=C1c1ccc(Br)cc1. The summed E-state index contributed by atoms with van der Waals surface area (Å²) in [6, 6.07) is 43.1. The van der Waals surface area contributed by atoms with E-state index in [0.717, 1.165) is 107 Å². The highest BCUT2D eigenvalue weighted by atomic mass is 79.9. The smallest absolute Gasteiger partial charge is 0.261 e. The summed E-state index contributed by atoms with van der Waals surface area (Å²) in [6.07, 6.45) is 8.32. The van der Waals surface area contributed by atoms with E-state index in [1.54, 1.807) is 0 Å². The fourth-order valence-corrected chi connectivity index (χ4v) is 8.98. The normalized spacial score (nSPS) is 14.4. The molecule has 62 heavy (non-hydrogen) atoms. The topological polar surface area (TPSA) is 43.9 Å². The number of hydrogen-bond donors (Lipinski definition) is 0. The Kier molecular flexibility index (Phi) is 13.8. The highest BCUT2D eigenvalue weighted by Crippen LogP contribution is 2.47. The Hall–Kier alpha value is -5.20. The second-order valence-electron chi connectivity index (χ2n) is 19.0. The quantitative estimate of drug-likeness (QED) is 0.0927. The maximum atomic E-state index is 14.7. The zero-order valence-corrected chi connectivity index (χ0v) is 39.7. The van der Waals surface area contributed by atoms with E-state index in [2.05, 4.69) is 173 Å². The van der Waals surface area contributed by atoms with Gasteiger partial charge in [0.25, 0.3) is 11.8 Å². The Morgan fingerprint density at radius 1 is 0.435 bits per heavy atom. The van der Waals surface area contributed by atoms with E-state index < -0.39 is 0 Å². The molecule has 0 spiro atoms. The van der Waals surface area contributed by atoms with Gasteiger partial charge in [-0.25, -0.2) is 0 Å². The Labute approximate surface area is 379 Å². The number of anilines is 3. The third kappa shape index (κ3) is 9.56. The monoisotopic (exact) mass is 889 g/mol. The molecule has 0 saturated carbocycles. The molecule has 2 aliphatic heterocycles. The van der Waals surface area contributed by atoms with Gasteiger partial charge in [-0.15, -0.1) is 0 Å². The molecule has 0 atom stereocenters. The van der Waals surface area contributed by atoms with Crippen molar-refractivity contribution >= 4 is 56.2 Å². The number of carbonyl (C=O) groups is 2. The predicted octanol–water partition coefficient (Wildman–Crippen LogP) is 15.1. The van der Waals surface area contributed by atoms with Crippen molar-refractivity contribution in [2.45, 2.75) is 118 Å². The van der Waals surface area contributed by atoms with Crippen LogP contribution in [0.1, 0.15) is 129 Å². The minimum Gasteiger partial charge on any atom is -0.311 e. The molecule has 7 rings (SSSR count). The minimum absolute atomic E-state index is 0.0646. The number of nitrogens with zero attached hydrogens (tertiary/aromatic N) is 3. The zero-order chi connectivity index (χ0) is 44.2. The first kappa shape index (κ1) is 44.8. The highest BCUT2D eigenvalue weighted by molar-refractivity contribution is 9.10. The second kappa shape index (κ2) is 19.0. The van der Waals surface area contributed by atoms with Crippen LogP contribution in [-0.4, -0.2) is 34.7 Å². The largest absolute Gasteiger partial charge is 0.311 e. The van der Waals surface area contributed by atoms with Gasteiger partial charge in [-0.2, -0.15) is 0 Å². The van der Waals surface area contributed by atoms with E-state index in [1.807, 2.05) is 34.1 Å². The molecule has 5 nitrogen and oxygen atoms in total. The van der Waals surface area contributed by atoms with Crippen LogP contribution < -0.4 is 4.90 Å². The lowest BCUT2D eigenvalue weighted by atomic mass is 9.86. The van der Waals surface area contributed by atoms with Crippen LogP contribution in [0.15, 0.2) is 137 Å². The van der Waals surface area contributed by atoms with E-state index in [1.165, 1.54) is 11.1 Å². The standard InChI is InChI=1S/C56H64BrN3O2/c1-9-11-13-15-37-58-51(49-50(54(58)62)52(42-21-29-45(57)30-22-42)59(53(49)61)38-16-14-12-10-2)41-19-17-39(18-20-41)40-23-31-46(32-24-40)60(47-33-25-43(26-34-47)55(3,4)5)48-35-27-44(28-36-48)56(6,7)8/h17-36H,9-16,37-38H2,1-8H3. The molecule has 322 valence electrons. The van der Waals surface area contributed by atoms with Crippen LogP contribution in [0.25, 0.3) is 22.5 Å². The van der Waals surface area contributed by atoms with E-state index in [4.69, 9.17) is 0 Å². The van der Waals surface area contributed by atoms with Crippen molar-refractivity contribution in [1.82, 2.24) is 9.80 Å². The molecule has 0 aromatic heterocycles. The molecule has 5 aromatic carbocycles. The molecular weight excluding hydrogens is 827 g/mol. The number of benzene rings is 5. The number of amides is 2. The van der Waals surface area contributed by atoms with Gasteiger partial charge in [-0.05, 0) is 106 Å². The molecule has 0 bridgehead atoms. The second-order valence-corrected chi connectivity index (χ2v) is 20.0. The predicted molar refractivity (Wildman–Crippen MR) is 264 cm³/mol. The molecular formula is C56H64BrN3O2. The van der Waals surface area contributed by atoms with Crippen molar-refractivity contribution in [2.75, 3.05) is 18.0 Å². The van der Waals surface area contributed by atoms with Crippen molar-refractivity contribution in [1.29, 1.82) is 0 Å². The van der Waals surface area contributed by atoms with Gasteiger partial charge >= 0.3 is 0 Å². The molecule has 0 fully saturated rings. The Bertz CT molecular complexity index is 2360. The van der Waals surface area contributed by atoms with Crippen LogP contribution in [0.5, 0.6) is 0 Å². The number of carbonyl (C=O) groups excluding carboxylic acids is 2. The van der Waals surface area contributed by atoms with Crippen LogP contribution in [0.3, 0.4) is 0 Å². The first-order valence-electron chi connectivity index (χ1n) is 22.8. The molecule has 0 radical (unpaired) electrons. The van der Waals surface area contributed by atoms with Gasteiger partial charge < -0.3 is 14.7 Å². The van der Waals surface area contributed by atoms with Gasteiger partial charge in [0.15, 0.2) is 0 Å². The summed E-state index contributed by atoms with van der Waals surface area (Å²) in [5.41, 5.74) is 12.5. The first-order valence-corrected chi connectivity index (χ1v) is 23.6. The van der Waals surface area contributed by atoms with E-state index >= 15 is 0 Å². The number of halogens is 1. The molecule has 2 heterocycles. The summed E-state index contributed by atoms with van der Waals surface area (Å²) in [6.45, 7) is 19.1. The van der Waals surface area contributed by atoms with Crippen LogP contribution in [0, 0.1) is 0 Å². The summed E-state index contributed by atoms with van der Waals surface area (Å²) in [4.78, 5) is 35.5. The third-order valence-electron chi connectivity index (χ3n) is 12.4. The number of rotatable bonds is 16. The average Bonchev–Trinajstić information content (AvgIpc) is 3.70. The molecule has 5 aromatic rings. The summed E-state index contributed by atoms with van der Waals surface area (Å²) >= 11 is 3.58. The maximum absolute atomic E-state index is 14.7. The molecule has 0 N–H and O–H groups in total. The summed E-state index contributed by atoms with van der Waals surface area (Å²) in [5.74, 6) is -0.140. The average molecular weight is 891 g/mol. The Balaban J connectivity index is 1.24. The lowest BCUT2D eigenvalue weighted by molar-refractivity contribution is -0.124. The van der Waals surface area contributed by atoms with Crippen LogP contribution in [0.4, 0.5) is 17.1 Å². The first-order chi connectivity index (χ1) is 29.7. The number of unbranched alkanes of at least 4 members (excludes halogenated alkanes) is 6. The third-order valence-corrected chi connectivity index (χ3v) is 12.9. The molecule has 2 aliphatic rings. The van der Waals surface area contributed by atoms with Crippen molar-refractivity contribution in [3.05, 3.63) is 159 Å². The summed E-state index contributed by atoms with van der Waals surface area (Å²) in [5, 5.41) is 0. The molecule has 0 unspecified atom stereocenters. The summed E-state index contributed by atoms with van der Waals surface area (Å²) < 4.78 is 0.960. The van der Waals surface area contributed by atoms with Gasteiger partial charge in [0, 0.05) is 34.6 Å². The van der Waals surface area contributed by atoms with Gasteiger partial charge in [0.1, 0.15) is 0 Å². The van der Waals surface area contributed by atoms with Crippen LogP contribution >= 0.6 is 15.9 Å². The van der Waals surface area contributed by atoms with Gasteiger partial charge in [-0.3, -0.25) is 9.59 Å². The molecule has 2 amide bonds. The van der Waals surface area contributed by atoms with Gasteiger partial charge in [0.2, 0.25) is 0 Å². The highest BCUT2D eigenvalue weighted by Gasteiger charge is 2.48. The van der Waals surface area contributed by atoms with Crippen molar-refractivity contribution in [3.8, 4) is 11.1 Å². The fraction of sp³-hybridized carbons (Fsp3) is 0.357. The van der Waals surface area contributed by atoms with Crippen molar-refractivity contribution in [3.63, 3.8) is 0 Å². The van der Waals surface area contributed by atoms with Crippen LogP contribution in [0.2, 0.25) is 0 Å². The van der Waals surface area contributed by atoms with Gasteiger partial charge in [-0.1, -0.05) is 183 Å². The Morgan fingerprint density at radius 2 is 0.758 bits per heavy atom. The lowest BCUT2D eigenvalue weighted by Gasteiger charge is -2.28. The fourth-order valence-electron chi connectivity index (χ4n) is 8.72. The maximum Gasteiger partial charge on any atom is 0.261 e. The van der Waals surface area contributed by atoms with Crippen LogP contribution in [-0.2, 0) is 20.4 Å². The van der Waals surface area contributed by atoms with E-state index in [9.17, 15) is 9.59 Å². The van der Waals surface area contributed by atoms with Crippen molar-refractivity contribution < 1.29 is 9.59 Å². The van der Waals surface area contributed by atoms with E-state index in [0.29, 0.717) is 24.2 Å². The summed E-state index contributed by atoms with van der Waals surface area (Å²) in [7, 11) is 0. The molecule has 0 saturated heterocycles.